The van der Waals surface area contributed by atoms with Crippen LogP contribution in [0.1, 0.15) is 27.6 Å². The van der Waals surface area contributed by atoms with Crippen LogP contribution in [0.2, 0.25) is 0 Å². The molecule has 0 aliphatic rings. The minimum absolute atomic E-state index is 0.0987. The third-order valence-corrected chi connectivity index (χ3v) is 5.27. The number of carbonyl (C=O) groups is 2. The average Bonchev–Trinajstić information content (AvgIpc) is 3.23. The van der Waals surface area contributed by atoms with Crippen molar-refractivity contribution in [3.63, 3.8) is 0 Å². The molecule has 1 aromatic heterocycles. The van der Waals surface area contributed by atoms with Crippen molar-refractivity contribution < 1.29 is 14.1 Å². The van der Waals surface area contributed by atoms with Crippen molar-refractivity contribution in [3.05, 3.63) is 75.8 Å². The first-order chi connectivity index (χ1) is 14.4. The molecule has 3 amide bonds. The molecule has 0 saturated heterocycles. The van der Waals surface area contributed by atoms with Crippen LogP contribution >= 0.6 is 15.9 Å². The van der Waals surface area contributed by atoms with E-state index in [1.54, 1.807) is 7.05 Å². The highest BCUT2D eigenvalue weighted by molar-refractivity contribution is 9.10. The zero-order valence-electron chi connectivity index (χ0n) is 16.7. The second-order valence-electron chi connectivity index (χ2n) is 6.75. The van der Waals surface area contributed by atoms with E-state index >= 15 is 0 Å². The second kappa shape index (κ2) is 10.0. The van der Waals surface area contributed by atoms with Gasteiger partial charge >= 0.3 is 17.8 Å². The van der Waals surface area contributed by atoms with Crippen LogP contribution in [-0.4, -0.2) is 40.6 Å². The van der Waals surface area contributed by atoms with Gasteiger partial charge in [0.05, 0.1) is 0 Å². The summed E-state index contributed by atoms with van der Waals surface area (Å²) in [5, 5.41) is 9.39. The van der Waals surface area contributed by atoms with Crippen LogP contribution in [0.15, 0.2) is 57.5 Å². The highest BCUT2D eigenvalue weighted by Gasteiger charge is 2.16. The number of amides is 3. The molecule has 156 valence electrons. The van der Waals surface area contributed by atoms with Gasteiger partial charge in [-0.2, -0.15) is 4.98 Å². The van der Waals surface area contributed by atoms with Crippen molar-refractivity contribution in [2.45, 2.75) is 19.9 Å². The summed E-state index contributed by atoms with van der Waals surface area (Å²) >= 11 is 3.43. The summed E-state index contributed by atoms with van der Waals surface area (Å²) in [6, 6.07) is 14.9. The number of benzene rings is 2. The first-order valence-electron chi connectivity index (χ1n) is 9.35. The average molecular weight is 472 g/mol. The molecule has 8 nitrogen and oxygen atoms in total. The van der Waals surface area contributed by atoms with Crippen LogP contribution in [0.25, 0.3) is 0 Å². The number of anilines is 1. The number of rotatable bonds is 7. The van der Waals surface area contributed by atoms with E-state index in [1.165, 1.54) is 4.90 Å². The number of carbonyl (C=O) groups excluding carboxylic acids is 2. The van der Waals surface area contributed by atoms with Gasteiger partial charge in [-0.05, 0) is 36.2 Å². The Balaban J connectivity index is 1.47. The summed E-state index contributed by atoms with van der Waals surface area (Å²) in [6.07, 6.45) is 0.360. The van der Waals surface area contributed by atoms with Crippen LogP contribution in [0.3, 0.4) is 0 Å². The quantitative estimate of drug-likeness (QED) is 0.545. The van der Waals surface area contributed by atoms with Gasteiger partial charge in [-0.15, -0.1) is 0 Å². The van der Waals surface area contributed by atoms with E-state index in [0.717, 1.165) is 15.6 Å². The molecule has 2 aromatic carbocycles. The summed E-state index contributed by atoms with van der Waals surface area (Å²) in [5.41, 5.74) is 2.71. The van der Waals surface area contributed by atoms with Crippen LogP contribution in [-0.2, 0) is 13.0 Å². The largest absolute Gasteiger partial charge is 0.344 e. The molecule has 3 aromatic rings. The number of halogens is 1. The van der Waals surface area contributed by atoms with E-state index < -0.39 is 5.91 Å². The number of urea groups is 1. The van der Waals surface area contributed by atoms with Crippen molar-refractivity contribution in [1.29, 1.82) is 0 Å². The summed E-state index contributed by atoms with van der Waals surface area (Å²) in [6.45, 7) is 2.69. The molecule has 2 N–H and O–H groups in total. The molecule has 0 unspecified atom stereocenters. The predicted octanol–water partition coefficient (Wildman–Crippen LogP) is 3.78. The Morgan fingerprint density at radius 1 is 1.17 bits per heavy atom. The molecule has 0 saturated carbocycles. The highest BCUT2D eigenvalue weighted by Crippen LogP contribution is 2.20. The lowest BCUT2D eigenvalue weighted by atomic mass is 10.2. The summed E-state index contributed by atoms with van der Waals surface area (Å²) < 4.78 is 6.01. The molecule has 0 aliphatic carbocycles. The molecular weight excluding hydrogens is 450 g/mol. The van der Waals surface area contributed by atoms with E-state index in [4.69, 9.17) is 4.52 Å². The van der Waals surface area contributed by atoms with Gasteiger partial charge in [0, 0.05) is 36.7 Å². The number of aryl methyl sites for hydroxylation is 1. The monoisotopic (exact) mass is 471 g/mol. The maximum absolute atomic E-state index is 12.3. The van der Waals surface area contributed by atoms with Gasteiger partial charge in [-0.25, -0.2) is 4.79 Å². The van der Waals surface area contributed by atoms with Crippen molar-refractivity contribution in [1.82, 2.24) is 20.4 Å². The Hall–Kier alpha value is -3.20. The lowest BCUT2D eigenvalue weighted by Crippen LogP contribution is -2.33. The fourth-order valence-corrected chi connectivity index (χ4v) is 2.86. The summed E-state index contributed by atoms with van der Waals surface area (Å²) in [7, 11) is 1.68. The summed E-state index contributed by atoms with van der Waals surface area (Å²) in [5.74, 6) is -0.174. The first kappa shape index (κ1) is 21.5. The fourth-order valence-electron chi connectivity index (χ4n) is 2.61. The van der Waals surface area contributed by atoms with E-state index in [1.807, 2.05) is 55.5 Å². The molecule has 9 heteroatoms. The van der Waals surface area contributed by atoms with Crippen molar-refractivity contribution in [2.75, 3.05) is 18.9 Å². The maximum Gasteiger partial charge on any atom is 0.321 e. The van der Waals surface area contributed by atoms with Crippen molar-refractivity contribution in [3.8, 4) is 0 Å². The third-order valence-electron chi connectivity index (χ3n) is 4.38. The molecule has 1 heterocycles. The standard InChI is InChI=1S/C21H22BrN5O3/c1-14-12-16(8-9-17(14)22)24-21(29)27(2)11-10-18-25-20(30-26-18)19(28)23-13-15-6-4-3-5-7-15/h3-9,12H,10-11,13H2,1-2H3,(H,23,28)(H,24,29). The number of hydrogen-bond donors (Lipinski definition) is 2. The van der Waals surface area contributed by atoms with Crippen molar-refractivity contribution in [2.24, 2.45) is 0 Å². The molecule has 0 aliphatic heterocycles. The number of hydrogen-bond acceptors (Lipinski definition) is 5. The van der Waals surface area contributed by atoms with Gasteiger partial charge in [0.25, 0.3) is 0 Å². The van der Waals surface area contributed by atoms with E-state index in [-0.39, 0.29) is 11.9 Å². The fraction of sp³-hybridized carbons (Fsp3) is 0.238. The van der Waals surface area contributed by atoms with E-state index in [0.29, 0.717) is 31.0 Å². The van der Waals surface area contributed by atoms with Gasteiger partial charge in [0.1, 0.15) is 0 Å². The lowest BCUT2D eigenvalue weighted by molar-refractivity contribution is 0.0907. The SMILES string of the molecule is Cc1cc(NC(=O)N(C)CCc2noc(C(=O)NCc3ccccc3)n2)ccc1Br. The Kier molecular flexibility index (Phi) is 7.18. The normalized spacial score (nSPS) is 10.5. The molecule has 0 fully saturated rings. The topological polar surface area (TPSA) is 100 Å². The summed E-state index contributed by atoms with van der Waals surface area (Å²) in [4.78, 5) is 30.1. The number of nitrogens with zero attached hydrogens (tertiary/aromatic N) is 3. The molecule has 30 heavy (non-hydrogen) atoms. The zero-order valence-corrected chi connectivity index (χ0v) is 18.3. The van der Waals surface area contributed by atoms with Crippen LogP contribution in [0, 0.1) is 6.92 Å². The number of likely N-dealkylation sites (N-methyl/N-ethyl adjacent to an activating group) is 1. The number of aromatic nitrogens is 2. The second-order valence-corrected chi connectivity index (χ2v) is 7.60. The van der Waals surface area contributed by atoms with Crippen LogP contribution in [0.4, 0.5) is 10.5 Å². The van der Waals surface area contributed by atoms with Gasteiger partial charge < -0.3 is 20.1 Å². The number of nitrogens with one attached hydrogen (secondary N) is 2. The molecule has 0 bridgehead atoms. The highest BCUT2D eigenvalue weighted by atomic mass is 79.9. The van der Waals surface area contributed by atoms with E-state index in [2.05, 4.69) is 36.7 Å². The Bertz CT molecular complexity index is 1020. The molecular formula is C21H22BrN5O3. The third kappa shape index (κ3) is 5.90. The lowest BCUT2D eigenvalue weighted by Gasteiger charge is -2.17. The van der Waals surface area contributed by atoms with Gasteiger partial charge in [0.15, 0.2) is 5.82 Å². The van der Waals surface area contributed by atoms with Gasteiger partial charge in [-0.1, -0.05) is 51.4 Å². The maximum atomic E-state index is 12.3. The predicted molar refractivity (Wildman–Crippen MR) is 116 cm³/mol. The van der Waals surface area contributed by atoms with Crippen LogP contribution in [0.5, 0.6) is 0 Å². The first-order valence-corrected chi connectivity index (χ1v) is 10.1. The minimum Gasteiger partial charge on any atom is -0.344 e. The molecule has 3 rings (SSSR count). The molecule has 0 atom stereocenters. The smallest absolute Gasteiger partial charge is 0.321 e. The zero-order chi connectivity index (χ0) is 21.5. The van der Waals surface area contributed by atoms with Crippen LogP contribution < -0.4 is 10.6 Å². The van der Waals surface area contributed by atoms with Gasteiger partial charge in [-0.3, -0.25) is 4.79 Å². The van der Waals surface area contributed by atoms with E-state index in [9.17, 15) is 9.59 Å². The van der Waals surface area contributed by atoms with Gasteiger partial charge in [0.2, 0.25) is 0 Å². The Morgan fingerprint density at radius 2 is 1.93 bits per heavy atom. The Morgan fingerprint density at radius 3 is 2.67 bits per heavy atom. The van der Waals surface area contributed by atoms with Crippen molar-refractivity contribution >= 4 is 33.6 Å². The molecule has 0 spiro atoms. The molecule has 0 radical (unpaired) electrons. The minimum atomic E-state index is -0.436. The Labute approximate surface area is 182 Å².